The van der Waals surface area contributed by atoms with Gasteiger partial charge in [-0.3, -0.25) is 9.59 Å². The maximum Gasteiger partial charge on any atom is 0.326 e. The van der Waals surface area contributed by atoms with Crippen LogP contribution in [0.3, 0.4) is 0 Å². The minimum atomic E-state index is -0.616. The second-order valence-corrected chi connectivity index (χ2v) is 7.76. The third-order valence-corrected chi connectivity index (χ3v) is 4.15. The highest BCUT2D eigenvalue weighted by molar-refractivity contribution is 6.00. The molecule has 0 aliphatic rings. The van der Waals surface area contributed by atoms with Crippen LogP contribution in [0.4, 0.5) is 0 Å². The fourth-order valence-electron chi connectivity index (χ4n) is 2.90. The van der Waals surface area contributed by atoms with E-state index in [4.69, 9.17) is 13.9 Å². The van der Waals surface area contributed by atoms with Gasteiger partial charge < -0.3 is 18.8 Å². The topological polar surface area (TPSA) is 69.0 Å². The molecule has 0 spiro atoms. The molecule has 0 aliphatic carbocycles. The largest absolute Gasteiger partial charge is 0.489 e. The van der Waals surface area contributed by atoms with Gasteiger partial charge in [0.05, 0.1) is 0 Å². The number of ether oxygens (including phenoxy) is 2. The first kappa shape index (κ1) is 20.5. The van der Waals surface area contributed by atoms with Gasteiger partial charge in [0, 0.05) is 18.0 Å². The van der Waals surface area contributed by atoms with E-state index >= 15 is 0 Å². The van der Waals surface area contributed by atoms with Gasteiger partial charge in [0.15, 0.2) is 5.76 Å². The molecule has 0 radical (unpaired) electrons. The van der Waals surface area contributed by atoms with Gasteiger partial charge in [-0.2, -0.15) is 0 Å². The Kier molecular flexibility index (Phi) is 5.92. The minimum absolute atomic E-state index is 0.160. The summed E-state index contributed by atoms with van der Waals surface area (Å²) in [4.78, 5) is 26.4. The molecule has 0 aliphatic heterocycles. The van der Waals surface area contributed by atoms with Crippen LogP contribution >= 0.6 is 0 Å². The van der Waals surface area contributed by atoms with Crippen LogP contribution in [0.5, 0.6) is 5.75 Å². The molecule has 0 saturated carbocycles. The molecule has 0 N–H and O–H groups in total. The first-order valence-corrected chi connectivity index (χ1v) is 9.40. The van der Waals surface area contributed by atoms with Crippen LogP contribution in [0, 0.1) is 0 Å². The third-order valence-electron chi connectivity index (χ3n) is 4.15. The van der Waals surface area contributed by atoms with Crippen LogP contribution in [-0.4, -0.2) is 36.0 Å². The van der Waals surface area contributed by atoms with E-state index in [9.17, 15) is 9.59 Å². The molecular weight excluding hydrogens is 370 g/mol. The molecule has 0 bridgehead atoms. The predicted octanol–water partition coefficient (Wildman–Crippen LogP) is 4.43. The van der Waals surface area contributed by atoms with Crippen molar-refractivity contribution < 1.29 is 23.5 Å². The molecule has 0 atom stereocenters. The standard InChI is InChI=1S/C23H25NO5/c1-23(2,3)29-20(25)14-24(4)22(26)21-18(15-27-16-10-6-5-7-11-16)17-12-8-9-13-19(17)28-21/h5-13H,14-15H2,1-4H3. The van der Waals surface area contributed by atoms with Crippen molar-refractivity contribution in [2.24, 2.45) is 0 Å². The number of rotatable bonds is 6. The van der Waals surface area contributed by atoms with Gasteiger partial charge in [-0.15, -0.1) is 0 Å². The lowest BCUT2D eigenvalue weighted by Crippen LogP contribution is -2.36. The number of furan rings is 1. The predicted molar refractivity (Wildman–Crippen MR) is 110 cm³/mol. The molecule has 152 valence electrons. The highest BCUT2D eigenvalue weighted by Crippen LogP contribution is 2.28. The van der Waals surface area contributed by atoms with Gasteiger partial charge in [0.2, 0.25) is 0 Å². The molecule has 6 nitrogen and oxygen atoms in total. The van der Waals surface area contributed by atoms with E-state index in [0.29, 0.717) is 16.9 Å². The molecule has 0 unspecified atom stereocenters. The van der Waals surface area contributed by atoms with Crippen molar-refractivity contribution in [3.63, 3.8) is 0 Å². The van der Waals surface area contributed by atoms with Crippen LogP contribution in [-0.2, 0) is 16.1 Å². The van der Waals surface area contributed by atoms with Crippen molar-refractivity contribution in [1.82, 2.24) is 4.90 Å². The summed E-state index contributed by atoms with van der Waals surface area (Å²) in [7, 11) is 1.54. The lowest BCUT2D eigenvalue weighted by atomic mass is 10.1. The number of benzene rings is 2. The zero-order valence-electron chi connectivity index (χ0n) is 17.1. The number of nitrogens with zero attached hydrogens (tertiary/aromatic N) is 1. The zero-order valence-corrected chi connectivity index (χ0v) is 17.1. The number of hydrogen-bond donors (Lipinski definition) is 0. The molecule has 3 aromatic rings. The zero-order chi connectivity index (χ0) is 21.0. The normalized spacial score (nSPS) is 11.3. The Hall–Kier alpha value is -3.28. The summed E-state index contributed by atoms with van der Waals surface area (Å²) in [5, 5.41) is 0.803. The van der Waals surface area contributed by atoms with Gasteiger partial charge in [0.1, 0.15) is 30.1 Å². The number of likely N-dealkylation sites (N-methyl/N-ethyl adjacent to an activating group) is 1. The molecule has 0 fully saturated rings. The highest BCUT2D eigenvalue weighted by Gasteiger charge is 2.26. The summed E-state index contributed by atoms with van der Waals surface area (Å²) < 4.78 is 17.0. The van der Waals surface area contributed by atoms with E-state index in [2.05, 4.69) is 0 Å². The summed E-state index contributed by atoms with van der Waals surface area (Å²) in [6, 6.07) is 16.7. The Labute approximate surface area is 170 Å². The van der Waals surface area contributed by atoms with Crippen LogP contribution < -0.4 is 4.74 Å². The first-order valence-electron chi connectivity index (χ1n) is 9.40. The van der Waals surface area contributed by atoms with Gasteiger partial charge >= 0.3 is 5.97 Å². The quantitative estimate of drug-likeness (QED) is 0.578. The van der Waals surface area contributed by atoms with Crippen molar-refractivity contribution in [3.05, 3.63) is 65.9 Å². The number of fused-ring (bicyclic) bond motifs is 1. The average Bonchev–Trinajstić information content (AvgIpc) is 3.03. The first-order chi connectivity index (χ1) is 13.7. The smallest absolute Gasteiger partial charge is 0.326 e. The Morgan fingerprint density at radius 1 is 1.00 bits per heavy atom. The van der Waals surface area contributed by atoms with E-state index in [-0.39, 0.29) is 18.9 Å². The summed E-state index contributed by atoms with van der Waals surface area (Å²) >= 11 is 0. The molecule has 6 heteroatoms. The molecule has 1 heterocycles. The highest BCUT2D eigenvalue weighted by atomic mass is 16.6. The lowest BCUT2D eigenvalue weighted by Gasteiger charge is -2.22. The third kappa shape index (κ3) is 5.16. The number of carbonyl (C=O) groups excluding carboxylic acids is 2. The van der Waals surface area contributed by atoms with E-state index in [0.717, 1.165) is 5.39 Å². The molecule has 1 aromatic heterocycles. The van der Waals surface area contributed by atoms with Gasteiger partial charge in [-0.05, 0) is 39.0 Å². The second kappa shape index (κ2) is 8.39. The fourth-order valence-corrected chi connectivity index (χ4v) is 2.90. The van der Waals surface area contributed by atoms with Crippen LogP contribution in [0.2, 0.25) is 0 Å². The molecule has 0 saturated heterocycles. The van der Waals surface area contributed by atoms with Gasteiger partial charge in [-0.25, -0.2) is 0 Å². The van der Waals surface area contributed by atoms with Crippen LogP contribution in [0.15, 0.2) is 59.0 Å². The maximum absolute atomic E-state index is 13.0. The van der Waals surface area contributed by atoms with Gasteiger partial charge in [-0.1, -0.05) is 36.4 Å². The van der Waals surface area contributed by atoms with Crippen molar-refractivity contribution in [1.29, 1.82) is 0 Å². The Morgan fingerprint density at radius 2 is 1.66 bits per heavy atom. The Balaban J connectivity index is 1.83. The molecule has 1 amide bonds. The number of esters is 1. The Bertz CT molecular complexity index is 1000. The van der Waals surface area contributed by atoms with E-state index in [1.165, 1.54) is 4.90 Å². The minimum Gasteiger partial charge on any atom is -0.489 e. The Morgan fingerprint density at radius 3 is 2.34 bits per heavy atom. The lowest BCUT2D eigenvalue weighted by molar-refractivity contribution is -0.155. The SMILES string of the molecule is CN(CC(=O)OC(C)(C)C)C(=O)c1oc2ccccc2c1COc1ccccc1. The average molecular weight is 395 g/mol. The van der Waals surface area contributed by atoms with Crippen LogP contribution in [0.25, 0.3) is 11.0 Å². The second-order valence-electron chi connectivity index (χ2n) is 7.76. The summed E-state index contributed by atoms with van der Waals surface area (Å²) in [5.41, 5.74) is 0.619. The van der Waals surface area contributed by atoms with E-state index in [1.54, 1.807) is 33.9 Å². The summed E-state index contributed by atoms with van der Waals surface area (Å²) in [5.74, 6) is -0.0308. The molecular formula is C23H25NO5. The van der Waals surface area contributed by atoms with Crippen molar-refractivity contribution in [3.8, 4) is 5.75 Å². The summed E-state index contributed by atoms with van der Waals surface area (Å²) in [6.45, 7) is 5.34. The van der Waals surface area contributed by atoms with Crippen molar-refractivity contribution >= 4 is 22.8 Å². The van der Waals surface area contributed by atoms with Gasteiger partial charge in [0.25, 0.3) is 5.91 Å². The molecule has 3 rings (SSSR count). The number of amides is 1. The van der Waals surface area contributed by atoms with Crippen molar-refractivity contribution in [2.45, 2.75) is 33.0 Å². The monoisotopic (exact) mass is 395 g/mol. The number of carbonyl (C=O) groups is 2. The number of hydrogen-bond acceptors (Lipinski definition) is 5. The van der Waals surface area contributed by atoms with E-state index < -0.39 is 17.5 Å². The fraction of sp³-hybridized carbons (Fsp3) is 0.304. The molecule has 29 heavy (non-hydrogen) atoms. The maximum atomic E-state index is 13.0. The van der Waals surface area contributed by atoms with Crippen LogP contribution in [0.1, 0.15) is 36.9 Å². The molecule has 2 aromatic carbocycles. The summed E-state index contributed by atoms with van der Waals surface area (Å²) in [6.07, 6.45) is 0. The van der Waals surface area contributed by atoms with Crippen molar-refractivity contribution in [2.75, 3.05) is 13.6 Å². The number of para-hydroxylation sites is 2. The van der Waals surface area contributed by atoms with E-state index in [1.807, 2.05) is 48.5 Å².